The quantitative estimate of drug-likeness (QED) is 0.648. The van der Waals surface area contributed by atoms with E-state index in [2.05, 4.69) is 31.5 Å². The molecule has 0 spiro atoms. The molecule has 0 bridgehead atoms. The lowest BCUT2D eigenvalue weighted by molar-refractivity contribution is -0.658. The topological polar surface area (TPSA) is 35.7 Å². The molecule has 1 N–H and O–H groups in total. The molecule has 0 radical (unpaired) electrons. The SMILES string of the molecule is COc1ccccc1N1CC(O)(c2ccc(Br)cc2)[N+]2=C1CCCCC2.[Br-]. The highest BCUT2D eigenvalue weighted by Gasteiger charge is 2.52. The molecule has 2 aliphatic rings. The van der Waals surface area contributed by atoms with Crippen LogP contribution >= 0.6 is 15.9 Å². The van der Waals surface area contributed by atoms with Gasteiger partial charge in [-0.05, 0) is 43.5 Å². The minimum Gasteiger partial charge on any atom is -1.00 e. The number of hydrogen-bond donors (Lipinski definition) is 1. The maximum absolute atomic E-state index is 11.8. The van der Waals surface area contributed by atoms with Crippen molar-refractivity contribution in [3.05, 3.63) is 58.6 Å². The Morgan fingerprint density at radius 3 is 2.56 bits per heavy atom. The van der Waals surface area contributed by atoms with Crippen molar-refractivity contribution in [1.29, 1.82) is 0 Å². The molecule has 0 saturated carbocycles. The van der Waals surface area contributed by atoms with Gasteiger partial charge in [0.15, 0.2) is 18.0 Å². The van der Waals surface area contributed by atoms with E-state index in [-0.39, 0.29) is 17.0 Å². The Balaban J connectivity index is 0.00000210. The summed E-state index contributed by atoms with van der Waals surface area (Å²) >= 11 is 3.49. The van der Waals surface area contributed by atoms with Crippen LogP contribution in [0.25, 0.3) is 0 Å². The zero-order chi connectivity index (χ0) is 18.1. The van der Waals surface area contributed by atoms with Crippen molar-refractivity contribution < 1.29 is 31.4 Å². The first-order valence-corrected chi connectivity index (χ1v) is 9.95. The fourth-order valence-electron chi connectivity index (χ4n) is 4.11. The largest absolute Gasteiger partial charge is 1.00 e. The Morgan fingerprint density at radius 2 is 1.81 bits per heavy atom. The second-order valence-electron chi connectivity index (χ2n) is 6.96. The molecular weight excluding hydrogens is 472 g/mol. The summed E-state index contributed by atoms with van der Waals surface area (Å²) < 4.78 is 8.82. The van der Waals surface area contributed by atoms with Gasteiger partial charge in [0.05, 0.1) is 13.7 Å². The van der Waals surface area contributed by atoms with Crippen LogP contribution in [0, 0.1) is 0 Å². The molecule has 1 unspecified atom stereocenters. The fourth-order valence-corrected chi connectivity index (χ4v) is 4.38. The first-order valence-electron chi connectivity index (χ1n) is 9.16. The van der Waals surface area contributed by atoms with Crippen molar-refractivity contribution >= 4 is 27.5 Å². The van der Waals surface area contributed by atoms with E-state index in [9.17, 15) is 5.11 Å². The Morgan fingerprint density at radius 1 is 1.07 bits per heavy atom. The summed E-state index contributed by atoms with van der Waals surface area (Å²) in [7, 11) is 1.70. The van der Waals surface area contributed by atoms with Gasteiger partial charge in [0, 0.05) is 16.5 Å². The minimum absolute atomic E-state index is 0. The number of anilines is 1. The number of amidine groups is 1. The van der Waals surface area contributed by atoms with Crippen LogP contribution in [0.2, 0.25) is 0 Å². The van der Waals surface area contributed by atoms with E-state index in [0.29, 0.717) is 6.54 Å². The molecule has 4 rings (SSSR count). The Hall–Kier alpha value is -1.37. The van der Waals surface area contributed by atoms with Crippen molar-refractivity contribution in [1.82, 2.24) is 0 Å². The molecule has 4 nitrogen and oxygen atoms in total. The fraction of sp³-hybridized carbons (Fsp3) is 0.381. The van der Waals surface area contributed by atoms with Gasteiger partial charge < -0.3 is 26.8 Å². The zero-order valence-electron chi connectivity index (χ0n) is 15.4. The molecule has 2 aromatic carbocycles. The molecule has 2 aromatic rings. The van der Waals surface area contributed by atoms with Gasteiger partial charge in [-0.1, -0.05) is 40.2 Å². The smallest absolute Gasteiger partial charge is 0.271 e. The molecule has 0 amide bonds. The summed E-state index contributed by atoms with van der Waals surface area (Å²) in [5.41, 5.74) is 0.920. The predicted octanol–water partition coefficient (Wildman–Crippen LogP) is 1.11. The van der Waals surface area contributed by atoms with Gasteiger partial charge in [0.1, 0.15) is 0 Å². The van der Waals surface area contributed by atoms with Crippen LogP contribution in [0.15, 0.2) is 53.0 Å². The summed E-state index contributed by atoms with van der Waals surface area (Å²) in [6.07, 6.45) is 4.41. The lowest BCUT2D eigenvalue weighted by Gasteiger charge is -2.23. The number of para-hydroxylation sites is 2. The number of benzene rings is 2. The van der Waals surface area contributed by atoms with Gasteiger partial charge in [-0.25, -0.2) is 9.48 Å². The first-order chi connectivity index (χ1) is 12.6. The highest BCUT2D eigenvalue weighted by Crippen LogP contribution is 2.38. The van der Waals surface area contributed by atoms with Crippen molar-refractivity contribution in [3.8, 4) is 5.75 Å². The highest BCUT2D eigenvalue weighted by molar-refractivity contribution is 9.10. The van der Waals surface area contributed by atoms with Crippen LogP contribution in [0.4, 0.5) is 5.69 Å². The van der Waals surface area contributed by atoms with Gasteiger partial charge in [-0.15, -0.1) is 0 Å². The molecule has 6 heteroatoms. The van der Waals surface area contributed by atoms with E-state index >= 15 is 0 Å². The predicted molar refractivity (Wildman–Crippen MR) is 107 cm³/mol. The summed E-state index contributed by atoms with van der Waals surface area (Å²) in [6.45, 7) is 1.37. The number of aliphatic hydroxyl groups is 1. The van der Waals surface area contributed by atoms with Crippen molar-refractivity contribution in [3.63, 3.8) is 0 Å². The maximum atomic E-state index is 11.8. The van der Waals surface area contributed by atoms with E-state index in [0.717, 1.165) is 47.3 Å². The van der Waals surface area contributed by atoms with Crippen LogP contribution in [-0.4, -0.2) is 35.7 Å². The highest BCUT2D eigenvalue weighted by atomic mass is 79.9. The minimum atomic E-state index is -1.03. The first kappa shape index (κ1) is 20.4. The molecule has 2 aliphatic heterocycles. The second kappa shape index (κ2) is 8.33. The Kier molecular flexibility index (Phi) is 6.28. The zero-order valence-corrected chi connectivity index (χ0v) is 18.5. The van der Waals surface area contributed by atoms with E-state index in [1.807, 2.05) is 42.5 Å². The summed E-state index contributed by atoms with van der Waals surface area (Å²) in [4.78, 5) is 2.24. The van der Waals surface area contributed by atoms with Gasteiger partial charge in [0.25, 0.3) is 11.6 Å². The molecule has 0 saturated heterocycles. The molecule has 27 heavy (non-hydrogen) atoms. The number of methoxy groups -OCH3 is 1. The average molecular weight is 496 g/mol. The Bertz CT molecular complexity index is 838. The van der Waals surface area contributed by atoms with Crippen molar-refractivity contribution in [2.75, 3.05) is 25.1 Å². The lowest BCUT2D eigenvalue weighted by atomic mass is 10.0. The lowest BCUT2D eigenvalue weighted by Crippen LogP contribution is -3.00. The number of nitrogens with zero attached hydrogens (tertiary/aromatic N) is 2. The second-order valence-corrected chi connectivity index (χ2v) is 7.88. The van der Waals surface area contributed by atoms with Gasteiger partial charge in [-0.2, -0.15) is 0 Å². The monoisotopic (exact) mass is 494 g/mol. The van der Waals surface area contributed by atoms with Crippen LogP contribution in [0.1, 0.15) is 31.2 Å². The molecule has 144 valence electrons. The van der Waals surface area contributed by atoms with Crippen LogP contribution in [0.3, 0.4) is 0 Å². The van der Waals surface area contributed by atoms with E-state index < -0.39 is 5.72 Å². The summed E-state index contributed by atoms with van der Waals surface area (Å²) in [5, 5.41) is 11.8. The van der Waals surface area contributed by atoms with Gasteiger partial charge in [-0.3, -0.25) is 0 Å². The third kappa shape index (κ3) is 3.67. The van der Waals surface area contributed by atoms with Crippen LogP contribution in [-0.2, 0) is 5.72 Å². The van der Waals surface area contributed by atoms with E-state index in [4.69, 9.17) is 4.74 Å². The molecule has 0 fully saturated rings. The molecular formula is C21H24Br2N2O2. The standard InChI is InChI=1S/C21H24BrN2O2.BrH/c1-26-19-8-5-4-7-18(19)23-15-21(25,16-10-12-17(22)13-11-16)24-14-6-2-3-9-20(23)24;/h4-5,7-8,10-13,25H,2-3,6,9,14-15H2,1H3;1H/q+1;/p-1. The van der Waals surface area contributed by atoms with E-state index in [1.165, 1.54) is 12.3 Å². The van der Waals surface area contributed by atoms with Gasteiger partial charge in [0.2, 0.25) is 0 Å². The average Bonchev–Trinajstić information content (AvgIpc) is 2.82. The van der Waals surface area contributed by atoms with Crippen LogP contribution in [0.5, 0.6) is 5.75 Å². The summed E-state index contributed by atoms with van der Waals surface area (Å²) in [6, 6.07) is 16.1. The molecule has 0 aromatic heterocycles. The normalized spacial score (nSPS) is 22.1. The third-order valence-electron chi connectivity index (χ3n) is 5.41. The number of rotatable bonds is 3. The van der Waals surface area contributed by atoms with Crippen molar-refractivity contribution in [2.24, 2.45) is 0 Å². The number of halogens is 2. The maximum Gasteiger partial charge on any atom is 0.271 e. The van der Waals surface area contributed by atoms with Crippen LogP contribution < -0.4 is 26.6 Å². The number of β-amino-alcohol motifs (C(OH)–C–C–N with tert-alkyl or cyclic N) is 1. The Labute approximate surface area is 179 Å². The van der Waals surface area contributed by atoms with Gasteiger partial charge >= 0.3 is 0 Å². The third-order valence-corrected chi connectivity index (χ3v) is 5.94. The molecule has 1 atom stereocenters. The summed E-state index contributed by atoms with van der Waals surface area (Å²) in [5.74, 6) is 2.03. The molecule has 2 heterocycles. The number of ether oxygens (including phenoxy) is 1. The number of hydrogen-bond acceptors (Lipinski definition) is 3. The molecule has 0 aliphatic carbocycles. The van der Waals surface area contributed by atoms with E-state index in [1.54, 1.807) is 7.11 Å². The van der Waals surface area contributed by atoms with Crippen molar-refractivity contribution in [2.45, 2.75) is 31.4 Å².